The van der Waals surface area contributed by atoms with Crippen LogP contribution in [-0.4, -0.2) is 23.1 Å². The summed E-state index contributed by atoms with van der Waals surface area (Å²) in [6.07, 6.45) is 3.55. The molecule has 1 aromatic rings. The molecule has 0 aromatic heterocycles. The fraction of sp³-hybridized carbons (Fsp3) is 0.571. The smallest absolute Gasteiger partial charge is 0.269 e. The summed E-state index contributed by atoms with van der Waals surface area (Å²) in [6, 6.07) is 4.76. The Hall–Kier alpha value is -1.62. The minimum absolute atomic E-state index is 0.0377. The maximum absolute atomic E-state index is 10.8. The number of aliphatic hydroxyl groups is 1. The summed E-state index contributed by atoms with van der Waals surface area (Å²) >= 11 is 0. The highest BCUT2D eigenvalue weighted by molar-refractivity contribution is 5.58. The Kier molecular flexibility index (Phi) is 4.37. The average Bonchev–Trinajstić information content (AvgIpc) is 3.21. The second kappa shape index (κ2) is 6.02. The number of non-ortho nitro benzene ring substituents is 1. The van der Waals surface area contributed by atoms with E-state index < -0.39 is 4.92 Å². The van der Waals surface area contributed by atoms with Gasteiger partial charge in [0.2, 0.25) is 0 Å². The molecule has 0 amide bonds. The molecule has 1 saturated carbocycles. The lowest BCUT2D eigenvalue weighted by Crippen LogP contribution is -2.27. The number of rotatable bonds is 7. The van der Waals surface area contributed by atoms with Gasteiger partial charge in [0.25, 0.3) is 5.69 Å². The second-order valence-electron chi connectivity index (χ2n) is 5.12. The number of benzene rings is 1. The Morgan fingerprint density at radius 3 is 2.74 bits per heavy atom. The Morgan fingerprint density at radius 2 is 2.21 bits per heavy atom. The highest BCUT2D eigenvalue weighted by atomic mass is 16.6. The maximum atomic E-state index is 10.8. The third-order valence-corrected chi connectivity index (χ3v) is 3.45. The third kappa shape index (κ3) is 3.44. The molecule has 1 aromatic carbocycles. The van der Waals surface area contributed by atoms with Gasteiger partial charge in [-0.25, -0.2) is 0 Å². The molecular weight excluding hydrogens is 244 g/mol. The van der Waals surface area contributed by atoms with Crippen molar-refractivity contribution in [3.05, 3.63) is 33.9 Å². The molecular formula is C14H20N2O3. The van der Waals surface area contributed by atoms with Crippen LogP contribution in [0.5, 0.6) is 0 Å². The summed E-state index contributed by atoms with van der Waals surface area (Å²) in [4.78, 5) is 12.6. The minimum atomic E-state index is -0.423. The largest absolute Gasteiger partial charge is 0.392 e. The fourth-order valence-electron chi connectivity index (χ4n) is 2.31. The molecule has 0 radical (unpaired) electrons. The molecule has 19 heavy (non-hydrogen) atoms. The summed E-state index contributed by atoms with van der Waals surface area (Å²) in [6.45, 7) is 3.85. The molecule has 0 bridgehead atoms. The molecule has 5 heteroatoms. The van der Waals surface area contributed by atoms with Gasteiger partial charge >= 0.3 is 0 Å². The number of hydrogen-bond acceptors (Lipinski definition) is 4. The monoisotopic (exact) mass is 264 g/mol. The lowest BCUT2D eigenvalue weighted by Gasteiger charge is -2.26. The van der Waals surface area contributed by atoms with Crippen molar-refractivity contribution in [2.24, 2.45) is 5.92 Å². The van der Waals surface area contributed by atoms with E-state index in [1.54, 1.807) is 6.07 Å². The molecule has 2 rings (SSSR count). The zero-order chi connectivity index (χ0) is 13.8. The molecule has 1 N–H and O–H groups in total. The molecule has 1 aliphatic rings. The van der Waals surface area contributed by atoms with Crippen LogP contribution in [0.3, 0.4) is 0 Å². The molecule has 0 heterocycles. The van der Waals surface area contributed by atoms with Crippen LogP contribution in [0.4, 0.5) is 11.4 Å². The Morgan fingerprint density at radius 1 is 1.47 bits per heavy atom. The predicted molar refractivity (Wildman–Crippen MR) is 74.2 cm³/mol. The van der Waals surface area contributed by atoms with Gasteiger partial charge in [0.1, 0.15) is 0 Å². The molecule has 0 atom stereocenters. The van der Waals surface area contributed by atoms with Gasteiger partial charge in [0.05, 0.1) is 11.5 Å². The number of nitro groups is 1. The quantitative estimate of drug-likeness (QED) is 0.607. The van der Waals surface area contributed by atoms with Gasteiger partial charge in [-0.3, -0.25) is 10.1 Å². The van der Waals surface area contributed by atoms with Gasteiger partial charge in [-0.2, -0.15) is 0 Å². The van der Waals surface area contributed by atoms with E-state index in [0.29, 0.717) is 5.56 Å². The van der Waals surface area contributed by atoms with Crippen molar-refractivity contribution in [3.63, 3.8) is 0 Å². The first-order valence-electron chi connectivity index (χ1n) is 6.78. The lowest BCUT2D eigenvalue weighted by molar-refractivity contribution is -0.384. The van der Waals surface area contributed by atoms with Gasteiger partial charge < -0.3 is 10.0 Å². The molecule has 0 spiro atoms. The maximum Gasteiger partial charge on any atom is 0.269 e. The first-order valence-corrected chi connectivity index (χ1v) is 6.78. The molecule has 0 saturated heterocycles. The molecule has 0 aliphatic heterocycles. The highest BCUT2D eigenvalue weighted by Gasteiger charge is 2.25. The van der Waals surface area contributed by atoms with Crippen molar-refractivity contribution in [1.29, 1.82) is 0 Å². The predicted octanol–water partition coefficient (Wildman–Crippen LogP) is 2.71. The van der Waals surface area contributed by atoms with Gasteiger partial charge in [-0.1, -0.05) is 6.92 Å². The van der Waals surface area contributed by atoms with Crippen LogP contribution in [0.25, 0.3) is 0 Å². The van der Waals surface area contributed by atoms with E-state index in [1.807, 2.05) is 0 Å². The average molecular weight is 264 g/mol. The van der Waals surface area contributed by atoms with E-state index in [4.69, 9.17) is 0 Å². The van der Waals surface area contributed by atoms with Gasteiger partial charge in [-0.05, 0) is 31.2 Å². The lowest BCUT2D eigenvalue weighted by atomic mass is 10.1. The second-order valence-corrected chi connectivity index (χ2v) is 5.12. The highest BCUT2D eigenvalue weighted by Crippen LogP contribution is 2.33. The number of aliphatic hydroxyl groups excluding tert-OH is 1. The summed E-state index contributed by atoms with van der Waals surface area (Å²) in [5, 5.41) is 20.2. The molecule has 104 valence electrons. The van der Waals surface area contributed by atoms with Crippen LogP contribution in [0.2, 0.25) is 0 Å². The van der Waals surface area contributed by atoms with Crippen LogP contribution in [0.1, 0.15) is 31.7 Å². The third-order valence-electron chi connectivity index (χ3n) is 3.45. The summed E-state index contributed by atoms with van der Waals surface area (Å²) in [5.41, 5.74) is 1.61. The normalized spacial score (nSPS) is 14.4. The van der Waals surface area contributed by atoms with Crippen LogP contribution in [-0.2, 0) is 6.61 Å². The van der Waals surface area contributed by atoms with E-state index in [-0.39, 0.29) is 12.3 Å². The Labute approximate surface area is 113 Å². The summed E-state index contributed by atoms with van der Waals surface area (Å²) in [7, 11) is 0. The van der Waals surface area contributed by atoms with Crippen LogP contribution in [0, 0.1) is 16.0 Å². The first kappa shape index (κ1) is 13.8. The van der Waals surface area contributed by atoms with Crippen molar-refractivity contribution in [2.75, 3.05) is 18.0 Å². The van der Waals surface area contributed by atoms with E-state index in [9.17, 15) is 15.2 Å². The zero-order valence-electron chi connectivity index (χ0n) is 11.2. The molecule has 1 fully saturated rings. The van der Waals surface area contributed by atoms with Gasteiger partial charge in [0.15, 0.2) is 0 Å². The number of hydrogen-bond donors (Lipinski definition) is 1. The molecule has 1 aliphatic carbocycles. The molecule has 5 nitrogen and oxygen atoms in total. The van der Waals surface area contributed by atoms with Gasteiger partial charge in [0, 0.05) is 36.5 Å². The van der Waals surface area contributed by atoms with Crippen molar-refractivity contribution in [2.45, 2.75) is 32.8 Å². The Bertz CT molecular complexity index is 458. The zero-order valence-corrected chi connectivity index (χ0v) is 11.2. The van der Waals surface area contributed by atoms with E-state index in [2.05, 4.69) is 11.8 Å². The van der Waals surface area contributed by atoms with Crippen LogP contribution in [0.15, 0.2) is 18.2 Å². The van der Waals surface area contributed by atoms with Crippen molar-refractivity contribution in [3.8, 4) is 0 Å². The standard InChI is InChI=1S/C14H20N2O3/c1-2-7-15(9-11-3-4-11)14-6-5-13(16(18)19)8-12(14)10-17/h5-6,8,11,17H,2-4,7,9-10H2,1H3. The minimum Gasteiger partial charge on any atom is -0.392 e. The van der Waals surface area contributed by atoms with Crippen LogP contribution < -0.4 is 4.90 Å². The van der Waals surface area contributed by atoms with Crippen molar-refractivity contribution in [1.82, 2.24) is 0 Å². The van der Waals surface area contributed by atoms with E-state index >= 15 is 0 Å². The number of nitro benzene ring substituents is 1. The summed E-state index contributed by atoms with van der Waals surface area (Å²) < 4.78 is 0. The van der Waals surface area contributed by atoms with E-state index in [0.717, 1.165) is 31.1 Å². The first-order chi connectivity index (χ1) is 9.15. The topological polar surface area (TPSA) is 66.6 Å². The number of nitrogens with zero attached hydrogens (tertiary/aromatic N) is 2. The van der Waals surface area contributed by atoms with Crippen LogP contribution >= 0.6 is 0 Å². The van der Waals surface area contributed by atoms with Gasteiger partial charge in [-0.15, -0.1) is 0 Å². The Balaban J connectivity index is 2.26. The fourth-order valence-corrected chi connectivity index (χ4v) is 2.31. The van der Waals surface area contributed by atoms with E-state index in [1.165, 1.54) is 25.0 Å². The SMILES string of the molecule is CCCN(CC1CC1)c1ccc([N+](=O)[O-])cc1CO. The van der Waals surface area contributed by atoms with Crippen molar-refractivity contribution >= 4 is 11.4 Å². The summed E-state index contributed by atoms with van der Waals surface area (Å²) in [5.74, 6) is 0.744. The number of anilines is 1. The molecule has 0 unspecified atom stereocenters. The van der Waals surface area contributed by atoms with Crippen molar-refractivity contribution < 1.29 is 10.0 Å².